The summed E-state index contributed by atoms with van der Waals surface area (Å²) in [5, 5.41) is 3.97. The van der Waals surface area contributed by atoms with Crippen molar-refractivity contribution in [1.29, 1.82) is 0 Å². The van der Waals surface area contributed by atoms with E-state index in [1.54, 1.807) is 0 Å². The van der Waals surface area contributed by atoms with Crippen LogP contribution in [0.15, 0.2) is 4.52 Å². The van der Waals surface area contributed by atoms with E-state index in [0.717, 1.165) is 25.9 Å². The van der Waals surface area contributed by atoms with Crippen LogP contribution in [0.2, 0.25) is 0 Å². The molecule has 5 heteroatoms. The van der Waals surface area contributed by atoms with Crippen LogP contribution in [-0.2, 0) is 11.2 Å². The van der Waals surface area contributed by atoms with Gasteiger partial charge in [0, 0.05) is 13.0 Å². The van der Waals surface area contributed by atoms with Crippen LogP contribution in [0.5, 0.6) is 0 Å². The van der Waals surface area contributed by atoms with Crippen LogP contribution < -0.4 is 5.73 Å². The standard InChI is InChI=1S/C12H21N3O2/c1-12(2,3)10(13)11-14-9(15-17-11)7-8-5-4-6-16-8/h8,10H,4-7,13H2,1-3H3. The summed E-state index contributed by atoms with van der Waals surface area (Å²) in [6.45, 7) is 7.02. The first-order valence-corrected chi connectivity index (χ1v) is 6.16. The zero-order valence-electron chi connectivity index (χ0n) is 10.8. The number of ether oxygens (including phenoxy) is 1. The minimum Gasteiger partial charge on any atom is -0.378 e. The third-order valence-electron chi connectivity index (χ3n) is 3.12. The van der Waals surface area contributed by atoms with Gasteiger partial charge in [0.25, 0.3) is 0 Å². The summed E-state index contributed by atoms with van der Waals surface area (Å²) in [4.78, 5) is 4.36. The van der Waals surface area contributed by atoms with E-state index in [4.69, 9.17) is 15.0 Å². The van der Waals surface area contributed by atoms with Crippen LogP contribution >= 0.6 is 0 Å². The molecule has 2 heterocycles. The number of rotatable bonds is 3. The highest BCUT2D eigenvalue weighted by atomic mass is 16.5. The van der Waals surface area contributed by atoms with Crippen LogP contribution in [-0.4, -0.2) is 22.9 Å². The molecule has 0 amide bonds. The number of aromatic nitrogens is 2. The summed E-state index contributed by atoms with van der Waals surface area (Å²) < 4.78 is 10.8. The molecule has 1 aliphatic rings. The first kappa shape index (κ1) is 12.5. The van der Waals surface area contributed by atoms with Crippen LogP contribution in [0.25, 0.3) is 0 Å². The minimum atomic E-state index is -0.228. The fraction of sp³-hybridized carbons (Fsp3) is 0.833. The summed E-state index contributed by atoms with van der Waals surface area (Å²) in [6, 6.07) is -0.228. The molecule has 5 nitrogen and oxygen atoms in total. The SMILES string of the molecule is CC(C)(C)C(N)c1nc(CC2CCCO2)no1. The first-order chi connectivity index (χ1) is 7.97. The zero-order chi connectivity index (χ0) is 12.5. The quantitative estimate of drug-likeness (QED) is 0.871. The molecule has 1 aromatic rings. The highest BCUT2D eigenvalue weighted by Crippen LogP contribution is 2.29. The average molecular weight is 239 g/mol. The van der Waals surface area contributed by atoms with Crippen molar-refractivity contribution in [3.8, 4) is 0 Å². The van der Waals surface area contributed by atoms with E-state index in [0.29, 0.717) is 11.7 Å². The maximum atomic E-state index is 6.07. The Balaban J connectivity index is 2.00. The lowest BCUT2D eigenvalue weighted by atomic mass is 9.87. The van der Waals surface area contributed by atoms with E-state index >= 15 is 0 Å². The van der Waals surface area contributed by atoms with E-state index in [1.165, 1.54) is 0 Å². The normalized spacial score (nSPS) is 22.9. The second-order valence-corrected chi connectivity index (χ2v) is 5.73. The maximum Gasteiger partial charge on any atom is 0.244 e. The van der Waals surface area contributed by atoms with Gasteiger partial charge in [0.1, 0.15) is 0 Å². The molecule has 2 atom stereocenters. The molecule has 0 aromatic carbocycles. The average Bonchev–Trinajstić information content (AvgIpc) is 2.87. The van der Waals surface area contributed by atoms with Crippen molar-refractivity contribution in [3.63, 3.8) is 0 Å². The molecule has 2 unspecified atom stereocenters. The molecule has 0 spiro atoms. The molecule has 96 valence electrons. The molecule has 0 bridgehead atoms. The van der Waals surface area contributed by atoms with Crippen LogP contribution in [0, 0.1) is 5.41 Å². The van der Waals surface area contributed by atoms with Gasteiger partial charge in [-0.3, -0.25) is 0 Å². The highest BCUT2D eigenvalue weighted by Gasteiger charge is 2.28. The molecule has 17 heavy (non-hydrogen) atoms. The van der Waals surface area contributed by atoms with Gasteiger partial charge in [0.15, 0.2) is 5.82 Å². The van der Waals surface area contributed by atoms with Gasteiger partial charge in [-0.15, -0.1) is 0 Å². The molecular formula is C12H21N3O2. The number of nitrogens with zero attached hydrogens (tertiary/aromatic N) is 2. The Bertz CT molecular complexity index is 364. The molecule has 0 radical (unpaired) electrons. The zero-order valence-corrected chi connectivity index (χ0v) is 10.8. The number of hydrogen-bond donors (Lipinski definition) is 1. The second-order valence-electron chi connectivity index (χ2n) is 5.73. The predicted molar refractivity (Wildman–Crippen MR) is 63.4 cm³/mol. The molecule has 1 aliphatic heterocycles. The van der Waals surface area contributed by atoms with Gasteiger partial charge in [0.2, 0.25) is 5.89 Å². The molecule has 2 N–H and O–H groups in total. The topological polar surface area (TPSA) is 74.2 Å². The third kappa shape index (κ3) is 3.04. The highest BCUT2D eigenvalue weighted by molar-refractivity contribution is 4.97. The van der Waals surface area contributed by atoms with Gasteiger partial charge in [0.05, 0.1) is 12.1 Å². The Labute approximate surface area is 102 Å². The lowest BCUT2D eigenvalue weighted by Crippen LogP contribution is -2.26. The number of nitrogens with two attached hydrogens (primary N) is 1. The van der Waals surface area contributed by atoms with Crippen molar-refractivity contribution >= 4 is 0 Å². The van der Waals surface area contributed by atoms with Crippen LogP contribution in [0.1, 0.15) is 51.4 Å². The van der Waals surface area contributed by atoms with Crippen molar-refractivity contribution in [2.24, 2.45) is 11.1 Å². The van der Waals surface area contributed by atoms with Gasteiger partial charge >= 0.3 is 0 Å². The summed E-state index contributed by atoms with van der Waals surface area (Å²) in [6.07, 6.45) is 3.17. The van der Waals surface area contributed by atoms with Crippen molar-refractivity contribution in [3.05, 3.63) is 11.7 Å². The first-order valence-electron chi connectivity index (χ1n) is 6.16. The van der Waals surface area contributed by atoms with E-state index in [-0.39, 0.29) is 17.6 Å². The van der Waals surface area contributed by atoms with E-state index < -0.39 is 0 Å². The van der Waals surface area contributed by atoms with E-state index in [1.807, 2.05) is 0 Å². The van der Waals surface area contributed by atoms with Crippen molar-refractivity contribution < 1.29 is 9.26 Å². The largest absolute Gasteiger partial charge is 0.378 e. The Hall–Kier alpha value is -0.940. The molecular weight excluding hydrogens is 218 g/mol. The summed E-state index contributed by atoms with van der Waals surface area (Å²) in [5.74, 6) is 1.22. The minimum absolute atomic E-state index is 0.0757. The monoisotopic (exact) mass is 239 g/mol. The van der Waals surface area contributed by atoms with E-state index in [9.17, 15) is 0 Å². The lowest BCUT2D eigenvalue weighted by molar-refractivity contribution is 0.109. The maximum absolute atomic E-state index is 6.07. The van der Waals surface area contributed by atoms with Gasteiger partial charge in [-0.25, -0.2) is 0 Å². The Morgan fingerprint density at radius 3 is 2.82 bits per heavy atom. The van der Waals surface area contributed by atoms with Crippen LogP contribution in [0.4, 0.5) is 0 Å². The molecule has 0 aliphatic carbocycles. The van der Waals surface area contributed by atoms with Crippen LogP contribution in [0.3, 0.4) is 0 Å². The smallest absolute Gasteiger partial charge is 0.244 e. The lowest BCUT2D eigenvalue weighted by Gasteiger charge is -2.23. The molecule has 2 rings (SSSR count). The van der Waals surface area contributed by atoms with Crippen molar-refractivity contribution in [1.82, 2.24) is 10.1 Å². The van der Waals surface area contributed by atoms with Crippen molar-refractivity contribution in [2.45, 2.75) is 52.2 Å². The van der Waals surface area contributed by atoms with Gasteiger partial charge in [-0.1, -0.05) is 25.9 Å². The molecule has 0 saturated carbocycles. The summed E-state index contributed by atoms with van der Waals surface area (Å²) >= 11 is 0. The van der Waals surface area contributed by atoms with Crippen molar-refractivity contribution in [2.75, 3.05) is 6.61 Å². The molecule has 1 aromatic heterocycles. The summed E-state index contributed by atoms with van der Waals surface area (Å²) in [5.41, 5.74) is 5.99. The number of hydrogen-bond acceptors (Lipinski definition) is 5. The summed E-state index contributed by atoms with van der Waals surface area (Å²) in [7, 11) is 0. The predicted octanol–water partition coefficient (Wildman–Crippen LogP) is 1.84. The van der Waals surface area contributed by atoms with E-state index in [2.05, 4.69) is 30.9 Å². The molecule has 1 fully saturated rings. The van der Waals surface area contributed by atoms with Gasteiger partial charge in [-0.2, -0.15) is 4.98 Å². The Morgan fingerprint density at radius 2 is 2.24 bits per heavy atom. The fourth-order valence-corrected chi connectivity index (χ4v) is 1.86. The van der Waals surface area contributed by atoms with Gasteiger partial charge < -0.3 is 15.0 Å². The Kier molecular flexibility index (Phi) is 3.49. The Morgan fingerprint density at radius 1 is 1.47 bits per heavy atom. The third-order valence-corrected chi connectivity index (χ3v) is 3.12. The van der Waals surface area contributed by atoms with Gasteiger partial charge in [-0.05, 0) is 18.3 Å². The fourth-order valence-electron chi connectivity index (χ4n) is 1.86. The second kappa shape index (κ2) is 4.74. The molecule has 1 saturated heterocycles.